The van der Waals surface area contributed by atoms with Gasteiger partial charge in [-0.25, -0.2) is 0 Å². The van der Waals surface area contributed by atoms with Gasteiger partial charge in [0.1, 0.15) is 19.0 Å². The number of piperidine rings is 1. The second kappa shape index (κ2) is 12.9. The van der Waals surface area contributed by atoms with Crippen molar-refractivity contribution in [2.75, 3.05) is 40.0 Å². The van der Waals surface area contributed by atoms with Crippen molar-refractivity contribution < 1.29 is 14.2 Å². The van der Waals surface area contributed by atoms with E-state index in [0.717, 1.165) is 83.8 Å². The summed E-state index contributed by atoms with van der Waals surface area (Å²) in [5.41, 5.74) is 3.29. The zero-order valence-electron chi connectivity index (χ0n) is 19.7. The zero-order valence-corrected chi connectivity index (χ0v) is 22.9. The Balaban J connectivity index is 0.00000171. The van der Waals surface area contributed by atoms with Crippen LogP contribution in [-0.4, -0.2) is 60.9 Å². The Hall–Kier alpha value is -1.84. The van der Waals surface area contributed by atoms with Crippen LogP contribution in [0.15, 0.2) is 41.1 Å². The summed E-state index contributed by atoms with van der Waals surface area (Å²) in [4.78, 5) is 11.6. The fourth-order valence-corrected chi connectivity index (χ4v) is 5.06. The summed E-state index contributed by atoms with van der Waals surface area (Å²) >= 11 is 3.71. The smallest absolute Gasteiger partial charge is 0.179 e. The minimum atomic E-state index is 0. The van der Waals surface area contributed by atoms with Crippen LogP contribution in [0.25, 0.3) is 10.9 Å². The number of nitrogens with zero attached hydrogens (tertiary/aromatic N) is 3. The van der Waals surface area contributed by atoms with E-state index in [1.807, 2.05) is 24.4 Å². The lowest BCUT2D eigenvalue weighted by atomic mass is 10.0. The highest BCUT2D eigenvalue weighted by molar-refractivity contribution is 9.10. The van der Waals surface area contributed by atoms with Crippen molar-refractivity contribution in [3.8, 4) is 17.2 Å². The Bertz CT molecular complexity index is 1130. The van der Waals surface area contributed by atoms with Crippen molar-refractivity contribution in [3.63, 3.8) is 0 Å². The molecular formula is C25H31BrCl2N4O3. The first kappa shape index (κ1) is 27.7. The van der Waals surface area contributed by atoms with E-state index in [0.29, 0.717) is 19.3 Å². The molecule has 1 saturated heterocycles. The highest BCUT2D eigenvalue weighted by Gasteiger charge is 2.20. The predicted octanol–water partition coefficient (Wildman–Crippen LogP) is 4.81. The Morgan fingerprint density at radius 2 is 1.83 bits per heavy atom. The summed E-state index contributed by atoms with van der Waals surface area (Å²) in [5.74, 6) is 2.41. The number of likely N-dealkylation sites (tertiary alicyclic amines) is 1. The van der Waals surface area contributed by atoms with Gasteiger partial charge in [-0.1, -0.05) is 0 Å². The quantitative estimate of drug-likeness (QED) is 0.426. The molecule has 0 spiro atoms. The van der Waals surface area contributed by atoms with Crippen molar-refractivity contribution in [3.05, 3.63) is 52.4 Å². The predicted molar refractivity (Wildman–Crippen MR) is 146 cm³/mol. The molecule has 2 aliphatic rings. The molecule has 5 rings (SSSR count). The van der Waals surface area contributed by atoms with E-state index >= 15 is 0 Å². The molecule has 3 aromatic rings. The second-order valence-corrected chi connectivity index (χ2v) is 9.39. The van der Waals surface area contributed by atoms with Gasteiger partial charge >= 0.3 is 0 Å². The van der Waals surface area contributed by atoms with Crippen molar-refractivity contribution >= 4 is 51.6 Å². The molecule has 190 valence electrons. The zero-order chi connectivity index (χ0) is 22.6. The maximum Gasteiger partial charge on any atom is 0.179 e. The number of rotatable bonds is 7. The number of benzene rings is 1. The third-order valence-corrected chi connectivity index (χ3v) is 7.14. The molecule has 0 bridgehead atoms. The monoisotopic (exact) mass is 584 g/mol. The number of ether oxygens (including phenoxy) is 3. The number of pyridine rings is 2. The number of nitrogens with one attached hydrogen (secondary N) is 1. The molecule has 0 aliphatic carbocycles. The SMILES string of the molecule is COc1ccc2ncc(Br)c(CCN3CCC(NCc4cc5c(cn4)OCCO5)CC3)c2c1.Cl.Cl. The largest absolute Gasteiger partial charge is 0.497 e. The minimum Gasteiger partial charge on any atom is -0.497 e. The average Bonchev–Trinajstić information content (AvgIpc) is 2.87. The number of methoxy groups -OCH3 is 1. The first-order valence-electron chi connectivity index (χ1n) is 11.5. The normalized spacial score (nSPS) is 15.8. The molecule has 1 fully saturated rings. The Labute approximate surface area is 226 Å². The summed E-state index contributed by atoms with van der Waals surface area (Å²) < 4.78 is 17.7. The summed E-state index contributed by atoms with van der Waals surface area (Å²) in [7, 11) is 1.70. The van der Waals surface area contributed by atoms with Crippen LogP contribution < -0.4 is 19.5 Å². The molecule has 0 radical (unpaired) electrons. The maximum atomic E-state index is 5.67. The summed E-state index contributed by atoms with van der Waals surface area (Å²) in [6.45, 7) is 5.16. The number of halogens is 3. The number of fused-ring (bicyclic) bond motifs is 2. The van der Waals surface area contributed by atoms with Gasteiger partial charge in [0.25, 0.3) is 0 Å². The van der Waals surface area contributed by atoms with E-state index < -0.39 is 0 Å². The lowest BCUT2D eigenvalue weighted by Crippen LogP contribution is -2.43. The summed E-state index contributed by atoms with van der Waals surface area (Å²) in [6, 6.07) is 8.57. The van der Waals surface area contributed by atoms with Crippen LogP contribution in [0.3, 0.4) is 0 Å². The third-order valence-electron chi connectivity index (χ3n) is 6.46. The van der Waals surface area contributed by atoms with E-state index in [1.54, 1.807) is 13.3 Å². The number of hydrogen-bond acceptors (Lipinski definition) is 7. The Morgan fingerprint density at radius 1 is 1.06 bits per heavy atom. The summed E-state index contributed by atoms with van der Waals surface area (Å²) in [6.07, 6.45) is 6.93. The number of aromatic nitrogens is 2. The Morgan fingerprint density at radius 3 is 2.60 bits per heavy atom. The molecular weight excluding hydrogens is 555 g/mol. The molecule has 1 aromatic carbocycles. The molecule has 2 aromatic heterocycles. The van der Waals surface area contributed by atoms with Crippen LogP contribution in [0, 0.1) is 0 Å². The molecule has 0 saturated carbocycles. The highest BCUT2D eigenvalue weighted by Crippen LogP contribution is 2.30. The molecule has 10 heteroatoms. The van der Waals surface area contributed by atoms with Gasteiger partial charge in [-0.15, -0.1) is 24.8 Å². The van der Waals surface area contributed by atoms with Gasteiger partial charge in [0.2, 0.25) is 0 Å². The van der Waals surface area contributed by atoms with Crippen molar-refractivity contribution in [1.29, 1.82) is 0 Å². The van der Waals surface area contributed by atoms with Crippen LogP contribution in [-0.2, 0) is 13.0 Å². The number of hydrogen-bond donors (Lipinski definition) is 1. The van der Waals surface area contributed by atoms with Crippen molar-refractivity contribution in [2.24, 2.45) is 0 Å². The topological polar surface area (TPSA) is 68.7 Å². The standard InChI is InChI=1S/C25H29BrN4O3.2ClH/c1-31-19-2-3-23-21(13-19)20(22(26)15-29-23)6-9-30-7-4-17(5-8-30)27-14-18-12-24-25(16-28-18)33-11-10-32-24;;/h2-3,12-13,15-17,27H,4-11,14H2,1H3;2*1H. The molecule has 0 unspecified atom stereocenters. The maximum absolute atomic E-state index is 5.67. The van der Waals surface area contributed by atoms with Crippen LogP contribution >= 0.6 is 40.7 Å². The van der Waals surface area contributed by atoms with E-state index in [4.69, 9.17) is 14.2 Å². The van der Waals surface area contributed by atoms with E-state index in [-0.39, 0.29) is 24.8 Å². The molecule has 7 nitrogen and oxygen atoms in total. The molecule has 0 amide bonds. The molecule has 0 atom stereocenters. The minimum absolute atomic E-state index is 0. The lowest BCUT2D eigenvalue weighted by molar-refractivity contribution is 0.170. The van der Waals surface area contributed by atoms with Crippen LogP contribution in [0.5, 0.6) is 17.2 Å². The molecule has 2 aliphatic heterocycles. The third kappa shape index (κ3) is 6.68. The van der Waals surface area contributed by atoms with Gasteiger partial charge in [-0.2, -0.15) is 0 Å². The fraction of sp³-hybridized carbons (Fsp3) is 0.440. The lowest BCUT2D eigenvalue weighted by Gasteiger charge is -2.32. The van der Waals surface area contributed by atoms with Gasteiger partial charge in [0, 0.05) is 41.3 Å². The Kier molecular flexibility index (Phi) is 10.2. The van der Waals surface area contributed by atoms with E-state index in [1.165, 1.54) is 5.56 Å². The second-order valence-electron chi connectivity index (χ2n) is 8.53. The van der Waals surface area contributed by atoms with Crippen molar-refractivity contribution in [2.45, 2.75) is 31.8 Å². The highest BCUT2D eigenvalue weighted by atomic mass is 79.9. The van der Waals surface area contributed by atoms with Gasteiger partial charge in [-0.3, -0.25) is 9.97 Å². The molecule has 35 heavy (non-hydrogen) atoms. The first-order chi connectivity index (χ1) is 16.2. The molecule has 4 heterocycles. The van der Waals surface area contributed by atoms with E-state index in [9.17, 15) is 0 Å². The van der Waals surface area contributed by atoms with Crippen LogP contribution in [0.1, 0.15) is 24.1 Å². The summed E-state index contributed by atoms with van der Waals surface area (Å²) in [5, 5.41) is 4.83. The van der Waals surface area contributed by atoms with Crippen LogP contribution in [0.2, 0.25) is 0 Å². The average molecular weight is 586 g/mol. The van der Waals surface area contributed by atoms with E-state index in [2.05, 4.69) is 42.2 Å². The van der Waals surface area contributed by atoms with Crippen molar-refractivity contribution in [1.82, 2.24) is 20.2 Å². The fourth-order valence-electron chi connectivity index (χ4n) is 4.55. The van der Waals surface area contributed by atoms with Gasteiger partial charge < -0.3 is 24.4 Å². The van der Waals surface area contributed by atoms with Gasteiger partial charge in [0.05, 0.1) is 24.5 Å². The molecule has 1 N–H and O–H groups in total. The first-order valence-corrected chi connectivity index (χ1v) is 12.3. The van der Waals surface area contributed by atoms with Crippen LogP contribution in [0.4, 0.5) is 0 Å². The van der Waals surface area contributed by atoms with Gasteiger partial charge in [-0.05, 0) is 72.0 Å². The van der Waals surface area contributed by atoms with Gasteiger partial charge in [0.15, 0.2) is 11.5 Å².